The summed E-state index contributed by atoms with van der Waals surface area (Å²) in [6.45, 7) is 2.19. The Hall–Kier alpha value is -1.79. The van der Waals surface area contributed by atoms with Gasteiger partial charge in [-0.1, -0.05) is 23.2 Å². The van der Waals surface area contributed by atoms with Crippen molar-refractivity contribution in [1.29, 1.82) is 0 Å². The Morgan fingerprint density at radius 2 is 1.44 bits per heavy atom. The highest BCUT2D eigenvalue weighted by Crippen LogP contribution is 2.27. The first-order valence-electron chi connectivity index (χ1n) is 9.19. The van der Waals surface area contributed by atoms with Gasteiger partial charge in [0.2, 0.25) is 11.8 Å². The van der Waals surface area contributed by atoms with Crippen LogP contribution in [0.3, 0.4) is 0 Å². The van der Waals surface area contributed by atoms with E-state index in [0.29, 0.717) is 67.5 Å². The van der Waals surface area contributed by atoms with Crippen LogP contribution in [-0.2, 0) is 9.59 Å². The molecule has 0 spiro atoms. The number of primary amides is 1. The smallest absolute Gasteiger partial charge is 0.255 e. The SMILES string of the molecule is NC(=O)C1CCN(C(=O)C2CCN(C(=O)c3ccc(Cl)cc3Cl)CC2)CC1. The van der Waals surface area contributed by atoms with Crippen LogP contribution in [0.2, 0.25) is 10.0 Å². The normalized spacial score (nSPS) is 19.2. The monoisotopic (exact) mass is 411 g/mol. The molecule has 1 aromatic carbocycles. The van der Waals surface area contributed by atoms with Crippen LogP contribution in [0.15, 0.2) is 18.2 Å². The average Bonchev–Trinajstić information content (AvgIpc) is 2.67. The van der Waals surface area contributed by atoms with Crippen LogP contribution in [0.4, 0.5) is 0 Å². The molecule has 8 heteroatoms. The Balaban J connectivity index is 1.53. The Morgan fingerprint density at radius 3 is 2.00 bits per heavy atom. The molecule has 0 radical (unpaired) electrons. The molecule has 6 nitrogen and oxygen atoms in total. The molecule has 2 saturated heterocycles. The maximum absolute atomic E-state index is 12.7. The largest absolute Gasteiger partial charge is 0.369 e. The van der Waals surface area contributed by atoms with Gasteiger partial charge >= 0.3 is 0 Å². The molecule has 0 saturated carbocycles. The maximum Gasteiger partial charge on any atom is 0.255 e. The highest BCUT2D eigenvalue weighted by Gasteiger charge is 2.33. The topological polar surface area (TPSA) is 83.7 Å². The molecule has 2 aliphatic heterocycles. The molecular weight excluding hydrogens is 389 g/mol. The van der Waals surface area contributed by atoms with Gasteiger partial charge in [-0.3, -0.25) is 14.4 Å². The number of carbonyl (C=O) groups excluding carboxylic acids is 3. The van der Waals surface area contributed by atoms with Crippen molar-refractivity contribution in [1.82, 2.24) is 9.80 Å². The number of rotatable bonds is 3. The van der Waals surface area contributed by atoms with E-state index in [9.17, 15) is 14.4 Å². The van der Waals surface area contributed by atoms with Crippen LogP contribution < -0.4 is 5.73 Å². The van der Waals surface area contributed by atoms with Crippen molar-refractivity contribution in [2.24, 2.45) is 17.6 Å². The number of hydrogen-bond donors (Lipinski definition) is 1. The van der Waals surface area contributed by atoms with Crippen molar-refractivity contribution in [3.05, 3.63) is 33.8 Å². The van der Waals surface area contributed by atoms with Gasteiger partial charge in [-0.25, -0.2) is 0 Å². The van der Waals surface area contributed by atoms with Crippen molar-refractivity contribution < 1.29 is 14.4 Å². The van der Waals surface area contributed by atoms with E-state index in [1.54, 1.807) is 23.1 Å². The summed E-state index contributed by atoms with van der Waals surface area (Å²) in [7, 11) is 0. The lowest BCUT2D eigenvalue weighted by molar-refractivity contribution is -0.139. The molecule has 27 heavy (non-hydrogen) atoms. The Kier molecular flexibility index (Phi) is 6.27. The molecule has 0 atom stereocenters. The number of amides is 3. The van der Waals surface area contributed by atoms with E-state index in [4.69, 9.17) is 28.9 Å². The molecule has 3 amide bonds. The van der Waals surface area contributed by atoms with E-state index in [-0.39, 0.29) is 29.6 Å². The van der Waals surface area contributed by atoms with Crippen molar-refractivity contribution in [3.63, 3.8) is 0 Å². The molecule has 0 unspecified atom stereocenters. The molecular formula is C19H23Cl2N3O3. The minimum atomic E-state index is -0.283. The first kappa shape index (κ1) is 20.0. The van der Waals surface area contributed by atoms with Crippen LogP contribution in [0.1, 0.15) is 36.0 Å². The fraction of sp³-hybridized carbons (Fsp3) is 0.526. The zero-order valence-corrected chi connectivity index (χ0v) is 16.5. The zero-order chi connectivity index (χ0) is 19.6. The second-order valence-electron chi connectivity index (χ2n) is 7.19. The lowest BCUT2D eigenvalue weighted by Gasteiger charge is -2.36. The quantitative estimate of drug-likeness (QED) is 0.829. The fourth-order valence-electron chi connectivity index (χ4n) is 3.81. The summed E-state index contributed by atoms with van der Waals surface area (Å²) in [6, 6.07) is 4.84. The number of carbonyl (C=O) groups is 3. The van der Waals surface area contributed by atoms with Crippen molar-refractivity contribution in [2.45, 2.75) is 25.7 Å². The Morgan fingerprint density at radius 1 is 0.889 bits per heavy atom. The van der Waals surface area contributed by atoms with Crippen molar-refractivity contribution in [3.8, 4) is 0 Å². The molecule has 0 aromatic heterocycles. The third kappa shape index (κ3) is 4.55. The summed E-state index contributed by atoms with van der Waals surface area (Å²) in [5.74, 6) is -0.508. The van der Waals surface area contributed by atoms with Crippen LogP contribution >= 0.6 is 23.2 Å². The molecule has 1 aromatic rings. The average molecular weight is 412 g/mol. The van der Waals surface area contributed by atoms with Gasteiger partial charge in [0.25, 0.3) is 5.91 Å². The van der Waals surface area contributed by atoms with E-state index in [0.717, 1.165) is 0 Å². The van der Waals surface area contributed by atoms with E-state index < -0.39 is 0 Å². The van der Waals surface area contributed by atoms with Gasteiger partial charge < -0.3 is 15.5 Å². The second-order valence-corrected chi connectivity index (χ2v) is 8.04. The van der Waals surface area contributed by atoms with Crippen LogP contribution in [0.5, 0.6) is 0 Å². The lowest BCUT2D eigenvalue weighted by Crippen LogP contribution is -2.47. The number of halogens is 2. The zero-order valence-electron chi connectivity index (χ0n) is 15.0. The standard InChI is InChI=1S/C19H23Cl2N3O3/c20-14-1-2-15(16(21)11-14)19(27)24-9-5-13(6-10-24)18(26)23-7-3-12(4-8-23)17(22)25/h1-2,11-13H,3-10H2,(H2,22,25). The summed E-state index contributed by atoms with van der Waals surface area (Å²) in [5, 5.41) is 0.823. The summed E-state index contributed by atoms with van der Waals surface area (Å²) < 4.78 is 0. The van der Waals surface area contributed by atoms with E-state index in [1.807, 2.05) is 4.90 Å². The Labute approximate surface area is 168 Å². The first-order valence-corrected chi connectivity index (χ1v) is 9.95. The van der Waals surface area contributed by atoms with E-state index in [1.165, 1.54) is 0 Å². The van der Waals surface area contributed by atoms with Gasteiger partial charge in [0, 0.05) is 43.0 Å². The van der Waals surface area contributed by atoms with Gasteiger partial charge in [-0.05, 0) is 43.9 Å². The molecule has 2 heterocycles. The van der Waals surface area contributed by atoms with Gasteiger partial charge in [0.15, 0.2) is 0 Å². The number of benzene rings is 1. The molecule has 146 valence electrons. The highest BCUT2D eigenvalue weighted by atomic mass is 35.5. The Bertz CT molecular complexity index is 740. The molecule has 2 N–H and O–H groups in total. The summed E-state index contributed by atoms with van der Waals surface area (Å²) in [4.78, 5) is 40.2. The van der Waals surface area contributed by atoms with Gasteiger partial charge in [0.1, 0.15) is 0 Å². The highest BCUT2D eigenvalue weighted by molar-refractivity contribution is 6.36. The van der Waals surface area contributed by atoms with E-state index in [2.05, 4.69) is 0 Å². The van der Waals surface area contributed by atoms with Crippen molar-refractivity contribution >= 4 is 40.9 Å². The minimum absolute atomic E-state index is 0.0835. The summed E-state index contributed by atoms with van der Waals surface area (Å²) in [6.07, 6.45) is 2.53. The molecule has 0 aliphatic carbocycles. The van der Waals surface area contributed by atoms with Crippen LogP contribution in [0.25, 0.3) is 0 Å². The molecule has 3 rings (SSSR count). The van der Waals surface area contributed by atoms with Crippen LogP contribution in [-0.4, -0.2) is 53.7 Å². The lowest BCUT2D eigenvalue weighted by atomic mass is 9.91. The van der Waals surface area contributed by atoms with E-state index >= 15 is 0 Å². The third-order valence-electron chi connectivity index (χ3n) is 5.50. The number of nitrogens with two attached hydrogens (primary N) is 1. The third-order valence-corrected chi connectivity index (χ3v) is 6.05. The fourth-order valence-corrected chi connectivity index (χ4v) is 4.29. The van der Waals surface area contributed by atoms with Gasteiger partial charge in [0.05, 0.1) is 10.6 Å². The maximum atomic E-state index is 12.7. The number of likely N-dealkylation sites (tertiary alicyclic amines) is 2. The summed E-state index contributed by atoms with van der Waals surface area (Å²) >= 11 is 12.0. The second kappa shape index (κ2) is 8.48. The molecule has 0 bridgehead atoms. The predicted octanol–water partition coefficient (Wildman–Crippen LogP) is 2.57. The number of piperidine rings is 2. The molecule has 2 fully saturated rings. The van der Waals surface area contributed by atoms with Gasteiger partial charge in [-0.2, -0.15) is 0 Å². The predicted molar refractivity (Wildman–Crippen MR) is 104 cm³/mol. The first-order chi connectivity index (χ1) is 12.9. The molecule has 2 aliphatic rings. The number of hydrogen-bond acceptors (Lipinski definition) is 3. The van der Waals surface area contributed by atoms with Crippen molar-refractivity contribution in [2.75, 3.05) is 26.2 Å². The van der Waals surface area contributed by atoms with Gasteiger partial charge in [-0.15, -0.1) is 0 Å². The van der Waals surface area contributed by atoms with Crippen LogP contribution in [0, 0.1) is 11.8 Å². The minimum Gasteiger partial charge on any atom is -0.369 e. The number of nitrogens with zero attached hydrogens (tertiary/aromatic N) is 2. The summed E-state index contributed by atoms with van der Waals surface area (Å²) in [5.41, 5.74) is 5.78.